The van der Waals surface area contributed by atoms with Gasteiger partial charge in [0.2, 0.25) is 0 Å². The van der Waals surface area contributed by atoms with Crippen LogP contribution in [0.5, 0.6) is 0 Å². The van der Waals surface area contributed by atoms with Crippen LogP contribution < -0.4 is 0 Å². The maximum atomic E-state index is 13.1. The number of allylic oxidation sites excluding steroid dienone is 6. The van der Waals surface area contributed by atoms with Crippen molar-refractivity contribution in [3.8, 4) is 0 Å². The zero-order valence-corrected chi connectivity index (χ0v) is 45.6. The lowest BCUT2D eigenvalue weighted by atomic mass is 10.1. The maximum Gasteiger partial charge on any atom is 0.252 e. The van der Waals surface area contributed by atoms with Crippen LogP contribution in [0.25, 0.3) is 0 Å². The molecule has 68 heavy (non-hydrogen) atoms. The van der Waals surface area contributed by atoms with Crippen molar-refractivity contribution in [1.82, 2.24) is 4.90 Å². The van der Waals surface area contributed by atoms with Gasteiger partial charge in [-0.1, -0.05) is 231 Å². The molecule has 8 nitrogen and oxygen atoms in total. The molecule has 402 valence electrons. The molecule has 0 saturated carbocycles. The Bertz CT molecular complexity index is 985. The number of hydrogen-bond acceptors (Lipinski definition) is 7. The minimum Gasteiger partial charge on any atom is -0.336 e. The Labute approximate surface area is 423 Å². The van der Waals surface area contributed by atoms with Gasteiger partial charge in [-0.25, -0.2) is 29.3 Å². The molecule has 1 amide bonds. The molecule has 0 fully saturated rings. The van der Waals surface area contributed by atoms with E-state index in [0.29, 0.717) is 32.9 Å². The minimum atomic E-state index is -0.167. The van der Waals surface area contributed by atoms with Gasteiger partial charge in [-0.2, -0.15) is 0 Å². The highest BCUT2D eigenvalue weighted by molar-refractivity contribution is 5.77. The minimum absolute atomic E-state index is 0.140. The van der Waals surface area contributed by atoms with Gasteiger partial charge in [0, 0.05) is 13.1 Å². The molecule has 8 heteroatoms. The van der Waals surface area contributed by atoms with Crippen LogP contribution in [0.2, 0.25) is 0 Å². The van der Waals surface area contributed by atoms with E-state index in [2.05, 4.69) is 57.2 Å². The first-order valence-electron chi connectivity index (χ1n) is 29.7. The summed E-state index contributed by atoms with van der Waals surface area (Å²) >= 11 is 0. The topological polar surface area (TPSA) is 75.7 Å². The largest absolute Gasteiger partial charge is 0.336 e. The van der Waals surface area contributed by atoms with Gasteiger partial charge in [-0.05, 0) is 96.3 Å². The summed E-state index contributed by atoms with van der Waals surface area (Å²) in [6.45, 7) is 9.64. The normalized spacial score (nSPS) is 12.0. The van der Waals surface area contributed by atoms with E-state index in [-0.39, 0.29) is 25.7 Å². The van der Waals surface area contributed by atoms with E-state index < -0.39 is 0 Å². The summed E-state index contributed by atoms with van der Waals surface area (Å²) in [5, 5.41) is 0. The van der Waals surface area contributed by atoms with Crippen molar-refractivity contribution in [3.05, 3.63) is 36.5 Å². The van der Waals surface area contributed by atoms with Crippen LogP contribution in [0.1, 0.15) is 290 Å². The Kier molecular flexibility index (Phi) is 60.2. The van der Waals surface area contributed by atoms with Crippen molar-refractivity contribution < 1.29 is 34.1 Å². The number of unbranched alkanes of at least 4 members (excludes halogenated alkanes) is 36. The fraction of sp³-hybridized carbons (Fsp3) is 0.883. The molecule has 0 aliphatic heterocycles. The van der Waals surface area contributed by atoms with Gasteiger partial charge >= 0.3 is 0 Å². The molecule has 0 aliphatic rings. The lowest BCUT2D eigenvalue weighted by Crippen LogP contribution is -2.39. The first-order chi connectivity index (χ1) is 33.8. The average Bonchev–Trinajstić information content (AvgIpc) is 3.35. The molecule has 0 aromatic carbocycles. The van der Waals surface area contributed by atoms with Crippen molar-refractivity contribution in [2.24, 2.45) is 0 Å². The summed E-state index contributed by atoms with van der Waals surface area (Å²) in [7, 11) is 0. The molecule has 0 N–H and O–H groups in total. The Morgan fingerprint density at radius 2 is 0.500 bits per heavy atom. The first kappa shape index (κ1) is 66.5. The van der Waals surface area contributed by atoms with Gasteiger partial charge in [0.15, 0.2) is 6.61 Å². The van der Waals surface area contributed by atoms with Crippen molar-refractivity contribution >= 4 is 5.91 Å². The second kappa shape index (κ2) is 61.6. The van der Waals surface area contributed by atoms with Gasteiger partial charge in [-0.3, -0.25) is 4.79 Å². The lowest BCUT2D eigenvalue weighted by molar-refractivity contribution is -0.303. The number of carbonyl (C=O) groups excluding carboxylic acids is 1. The van der Waals surface area contributed by atoms with E-state index in [1.54, 1.807) is 4.90 Å². The van der Waals surface area contributed by atoms with Crippen molar-refractivity contribution in [1.29, 1.82) is 0 Å². The molecule has 0 bridgehead atoms. The number of hydrogen-bond donors (Lipinski definition) is 0. The van der Waals surface area contributed by atoms with Crippen LogP contribution in [0.3, 0.4) is 0 Å². The van der Waals surface area contributed by atoms with Crippen LogP contribution in [0.4, 0.5) is 0 Å². The fourth-order valence-electron chi connectivity index (χ4n) is 8.36. The monoisotopic (exact) mass is 962 g/mol. The smallest absolute Gasteiger partial charge is 0.252 e. The number of carbonyl (C=O) groups is 1. The van der Waals surface area contributed by atoms with Gasteiger partial charge in [-0.15, -0.1) is 0 Å². The Hall–Kier alpha value is -1.55. The molecule has 0 unspecified atom stereocenters. The Morgan fingerprint density at radius 3 is 0.779 bits per heavy atom. The van der Waals surface area contributed by atoms with E-state index in [1.165, 1.54) is 231 Å². The highest BCUT2D eigenvalue weighted by Gasteiger charge is 2.15. The third kappa shape index (κ3) is 57.0. The maximum absolute atomic E-state index is 13.1. The first-order valence-corrected chi connectivity index (χ1v) is 29.7. The molecular weight excluding hydrogens is 847 g/mol. The number of nitrogens with zero attached hydrogens (tertiary/aromatic N) is 1. The highest BCUT2D eigenvalue weighted by atomic mass is 17.2. The molecule has 0 aromatic heterocycles. The number of rotatable bonds is 59. The third-order valence-electron chi connectivity index (χ3n) is 12.9. The van der Waals surface area contributed by atoms with Crippen LogP contribution in [-0.4, -0.2) is 63.5 Å². The van der Waals surface area contributed by atoms with Crippen LogP contribution in [0.15, 0.2) is 36.5 Å². The van der Waals surface area contributed by atoms with E-state index >= 15 is 0 Å². The van der Waals surface area contributed by atoms with Crippen molar-refractivity contribution in [2.75, 3.05) is 52.7 Å². The SMILES string of the molecule is CCCCCCCC/C=C\CCCCCCCCOOCCN(CCOOCCCCCCCC/C=C\CCCCCCCC)C(=O)COOCCCCCCCC/C=C\CCCCCCCC. The predicted octanol–water partition coefficient (Wildman–Crippen LogP) is 18.8. The Morgan fingerprint density at radius 1 is 0.279 bits per heavy atom. The molecule has 0 radical (unpaired) electrons. The molecule has 0 saturated heterocycles. The lowest BCUT2D eigenvalue weighted by Gasteiger charge is -2.21. The molecule has 0 rings (SSSR count). The quantitative estimate of drug-likeness (QED) is 0.0260. The van der Waals surface area contributed by atoms with Gasteiger partial charge in [0.1, 0.15) is 0 Å². The molecule has 0 aromatic rings. The van der Waals surface area contributed by atoms with Crippen LogP contribution in [-0.2, 0) is 34.1 Å². The Balaban J connectivity index is 4.16. The molecular formula is C60H115NO7. The van der Waals surface area contributed by atoms with E-state index in [9.17, 15) is 4.79 Å². The summed E-state index contributed by atoms with van der Waals surface area (Å²) in [4.78, 5) is 47.4. The van der Waals surface area contributed by atoms with E-state index in [4.69, 9.17) is 29.3 Å². The molecule has 0 heterocycles. The van der Waals surface area contributed by atoms with Crippen LogP contribution >= 0.6 is 0 Å². The zero-order valence-electron chi connectivity index (χ0n) is 45.6. The molecule has 0 aliphatic carbocycles. The highest BCUT2D eigenvalue weighted by Crippen LogP contribution is 2.14. The molecule has 0 atom stereocenters. The van der Waals surface area contributed by atoms with Crippen molar-refractivity contribution in [2.45, 2.75) is 290 Å². The van der Waals surface area contributed by atoms with Crippen LogP contribution in [0, 0.1) is 0 Å². The average molecular weight is 963 g/mol. The van der Waals surface area contributed by atoms with Gasteiger partial charge < -0.3 is 4.90 Å². The summed E-state index contributed by atoms with van der Waals surface area (Å²) in [5.41, 5.74) is 0. The fourth-order valence-corrected chi connectivity index (χ4v) is 8.36. The van der Waals surface area contributed by atoms with Gasteiger partial charge in [0.05, 0.1) is 33.0 Å². The zero-order chi connectivity index (χ0) is 49.0. The summed E-state index contributed by atoms with van der Waals surface area (Å²) in [6.07, 6.45) is 67.8. The predicted molar refractivity (Wildman–Crippen MR) is 291 cm³/mol. The van der Waals surface area contributed by atoms with E-state index in [1.807, 2.05) is 0 Å². The second-order valence-corrected chi connectivity index (χ2v) is 19.6. The summed E-state index contributed by atoms with van der Waals surface area (Å²) in [6, 6.07) is 0. The standard InChI is InChI=1S/C60H115NO7/c1-4-7-10-13-16-19-22-25-28-31-34-37-40-43-46-49-54-63-66-57-52-61(53-58-67-64-55-50-47-44-41-38-35-32-29-26-23-20-17-14-11-8-5-2)60(62)59-68-65-56-51-48-45-42-39-36-33-30-27-24-21-18-15-12-9-6-3/h25-30H,4-24,31-59H2,1-3H3/b28-25-,29-26-,30-27-. The summed E-state index contributed by atoms with van der Waals surface area (Å²) in [5.74, 6) is -0.167. The number of amides is 1. The third-order valence-corrected chi connectivity index (χ3v) is 12.9. The summed E-state index contributed by atoms with van der Waals surface area (Å²) < 4.78 is 0. The van der Waals surface area contributed by atoms with Gasteiger partial charge in [0.25, 0.3) is 5.91 Å². The van der Waals surface area contributed by atoms with Crippen molar-refractivity contribution in [3.63, 3.8) is 0 Å². The van der Waals surface area contributed by atoms with E-state index in [0.717, 1.165) is 38.5 Å². The molecule has 0 spiro atoms. The second-order valence-electron chi connectivity index (χ2n) is 19.6.